The number of amides is 2. The zero-order valence-electron chi connectivity index (χ0n) is 39.1. The molecule has 0 radical (unpaired) electrons. The zero-order chi connectivity index (χ0) is 45.8. The Hall–Kier alpha value is -4.00. The first-order valence-electron chi connectivity index (χ1n) is 22.7. The number of sulfonamides is 1. The van der Waals surface area contributed by atoms with Crippen LogP contribution in [-0.4, -0.2) is 77.0 Å². The number of esters is 1. The molecule has 2 aliphatic heterocycles. The number of nitrogens with zero attached hydrogens (tertiary/aromatic N) is 2. The van der Waals surface area contributed by atoms with Crippen molar-refractivity contribution in [2.75, 3.05) is 6.54 Å². The Labute approximate surface area is 340 Å². The van der Waals surface area contributed by atoms with Gasteiger partial charge in [-0.1, -0.05) is 26.0 Å². The lowest BCUT2D eigenvalue weighted by Gasteiger charge is -2.32. The number of benzene rings is 1. The number of ketones is 1. The summed E-state index contributed by atoms with van der Waals surface area (Å²) in [6, 6.07) is 6.05. The van der Waals surface area contributed by atoms with E-state index >= 15 is 4.79 Å². The fourth-order valence-corrected chi connectivity index (χ4v) is 9.59. The number of Topliss-reactive ketones (excluding diaryl/α,β-unsaturated/α-hetero) is 1. The normalized spacial score (nSPS) is 32.1. The highest BCUT2D eigenvalue weighted by Gasteiger charge is 2.62. The van der Waals surface area contributed by atoms with E-state index in [4.69, 9.17) is 22.4 Å². The van der Waals surface area contributed by atoms with Crippen LogP contribution in [0.3, 0.4) is 0 Å². The van der Waals surface area contributed by atoms with Gasteiger partial charge in [-0.2, -0.15) is 0 Å². The van der Waals surface area contributed by atoms with Gasteiger partial charge in [-0.05, 0) is 127 Å². The third kappa shape index (κ3) is 9.24. The molecule has 2 amide bonds. The number of hydrogen-bond donors (Lipinski definition) is 1. The first kappa shape index (κ1) is 34.1. The minimum atomic E-state index is -4.04. The maximum absolute atomic E-state index is 15.1. The molecule has 1 aromatic heterocycles. The Morgan fingerprint density at radius 2 is 1.89 bits per heavy atom. The quantitative estimate of drug-likeness (QED) is 0.214. The largest absolute Gasteiger partial charge is 0.491 e. The SMILES string of the molecule is [2H]C([2H])([2H])C(C)(OC(=O)C[C@@H]1C(=O)N2C[C@H](Oc3nccc4cc(OC(C)C)ccc34)C[C@H]2C(=O)C[C@]2(C(=O)NS(=O)(=O)C3(C)CC3)C[C@H]2/C=C\CC[C@@H](C)C[C@H]1C)C([2H])([2H])[2H]. The van der Waals surface area contributed by atoms with Gasteiger partial charge in [-0.3, -0.25) is 23.9 Å². The van der Waals surface area contributed by atoms with E-state index in [0.717, 1.165) is 12.3 Å². The molecule has 13 heteroatoms. The molecule has 6 rings (SSSR count). The summed E-state index contributed by atoms with van der Waals surface area (Å²) in [5.74, 6) is -4.33. The maximum Gasteiger partial charge on any atom is 0.307 e. The summed E-state index contributed by atoms with van der Waals surface area (Å²) in [6.45, 7) is 3.38. The number of aromatic nitrogens is 1. The molecule has 7 atom stereocenters. The molecular weight excluding hydrogens is 735 g/mol. The summed E-state index contributed by atoms with van der Waals surface area (Å²) >= 11 is 0. The molecule has 1 saturated heterocycles. The van der Waals surface area contributed by atoms with Gasteiger partial charge in [0.05, 0.1) is 41.2 Å². The van der Waals surface area contributed by atoms with E-state index in [1.807, 2.05) is 39.0 Å². The van der Waals surface area contributed by atoms with Gasteiger partial charge in [0.15, 0.2) is 5.78 Å². The second-order valence-electron chi connectivity index (χ2n) is 17.3. The Balaban J connectivity index is 1.36. The third-order valence-electron chi connectivity index (χ3n) is 11.8. The lowest BCUT2D eigenvalue weighted by atomic mass is 9.82. The number of hydrogen-bond acceptors (Lipinski definition) is 10. The standard InChI is InChI=1S/C43H59N3O9S/c1-26(2)53-31-13-14-33-29(20-31)15-18-44-38(33)54-32-21-35-36(47)24-43(40(50)45-56(51,52)42(8)16-17-42)23-30(43)12-10-9-11-27(3)19-28(4)34(39(49)46(35)25-32)22-37(48)55-41(5,6)7/h10,12-15,18,20,26-28,30,32,34-35H,9,11,16-17,19,21-25H2,1-8H3,(H,45,50)/b12-10-/t27-,28-,30-,32-,34+,35+,43-/m1/s1/i5D3,6D3. The van der Waals surface area contributed by atoms with Crippen molar-refractivity contribution >= 4 is 44.4 Å². The van der Waals surface area contributed by atoms with Crippen LogP contribution in [0.5, 0.6) is 11.6 Å². The zero-order valence-corrected chi connectivity index (χ0v) is 33.9. The minimum absolute atomic E-state index is 0.00813. The van der Waals surface area contributed by atoms with Gasteiger partial charge < -0.3 is 19.1 Å². The van der Waals surface area contributed by atoms with Gasteiger partial charge in [0.25, 0.3) is 0 Å². The summed E-state index contributed by atoms with van der Waals surface area (Å²) in [6.07, 6.45) is 6.14. The molecule has 1 N–H and O–H groups in total. The number of allylic oxidation sites excluding steroid dienone is 2. The highest BCUT2D eigenvalue weighted by molar-refractivity contribution is 7.91. The van der Waals surface area contributed by atoms with E-state index < -0.39 is 99.4 Å². The molecule has 0 spiro atoms. The van der Waals surface area contributed by atoms with Gasteiger partial charge in [-0.25, -0.2) is 13.4 Å². The van der Waals surface area contributed by atoms with E-state index in [0.29, 0.717) is 43.2 Å². The van der Waals surface area contributed by atoms with Crippen molar-refractivity contribution < 1.29 is 50.0 Å². The molecule has 2 aromatic rings. The molecule has 12 nitrogen and oxygen atoms in total. The number of carbonyl (C=O) groups excluding carboxylic acids is 4. The number of nitrogens with one attached hydrogen (secondary N) is 1. The van der Waals surface area contributed by atoms with Gasteiger partial charge in [0, 0.05) is 32.6 Å². The topological polar surface area (TPSA) is 158 Å². The number of ether oxygens (including phenoxy) is 3. The van der Waals surface area contributed by atoms with Crippen LogP contribution >= 0.6 is 0 Å². The highest BCUT2D eigenvalue weighted by Crippen LogP contribution is 2.57. The lowest BCUT2D eigenvalue weighted by Crippen LogP contribution is -2.48. The number of fused-ring (bicyclic) bond motifs is 3. The average Bonchev–Trinajstić information content (AvgIpc) is 4.04. The first-order chi connectivity index (χ1) is 28.7. The van der Waals surface area contributed by atoms with E-state index in [1.54, 1.807) is 38.2 Å². The van der Waals surface area contributed by atoms with Gasteiger partial charge >= 0.3 is 5.97 Å². The lowest BCUT2D eigenvalue weighted by molar-refractivity contribution is -0.160. The molecular formula is C43H59N3O9S. The smallest absolute Gasteiger partial charge is 0.307 e. The summed E-state index contributed by atoms with van der Waals surface area (Å²) in [4.78, 5) is 63.4. The summed E-state index contributed by atoms with van der Waals surface area (Å²) in [5.41, 5.74) is -4.26. The molecule has 56 heavy (non-hydrogen) atoms. The third-order valence-corrected chi connectivity index (χ3v) is 14.0. The predicted molar refractivity (Wildman–Crippen MR) is 212 cm³/mol. The summed E-state index contributed by atoms with van der Waals surface area (Å²) in [7, 11) is -4.04. The molecule has 4 aliphatic rings. The highest BCUT2D eigenvalue weighted by atomic mass is 32.2. The number of carbonyl (C=O) groups is 4. The van der Waals surface area contributed by atoms with Crippen LogP contribution in [0.2, 0.25) is 0 Å². The molecule has 3 heterocycles. The fraction of sp³-hybridized carbons (Fsp3) is 0.651. The van der Waals surface area contributed by atoms with Gasteiger partial charge in [0.1, 0.15) is 17.5 Å². The van der Waals surface area contributed by atoms with Crippen molar-refractivity contribution in [1.29, 1.82) is 0 Å². The first-order valence-corrected chi connectivity index (χ1v) is 21.2. The fourth-order valence-electron chi connectivity index (χ4n) is 8.26. The van der Waals surface area contributed by atoms with Crippen LogP contribution in [-0.2, 0) is 33.9 Å². The van der Waals surface area contributed by atoms with Crippen LogP contribution in [0, 0.1) is 29.1 Å². The number of rotatable bonds is 9. The Bertz CT molecular complexity index is 2200. The van der Waals surface area contributed by atoms with E-state index in [1.165, 1.54) is 4.90 Å². The van der Waals surface area contributed by atoms with Crippen LogP contribution < -0.4 is 14.2 Å². The van der Waals surface area contributed by atoms with Crippen molar-refractivity contribution in [3.63, 3.8) is 0 Å². The van der Waals surface area contributed by atoms with Crippen molar-refractivity contribution in [3.8, 4) is 11.6 Å². The van der Waals surface area contributed by atoms with Crippen LogP contribution in [0.1, 0.15) is 121 Å². The Morgan fingerprint density at radius 3 is 2.59 bits per heavy atom. The molecule has 1 aromatic carbocycles. The molecule has 0 bridgehead atoms. The molecule has 0 unspecified atom stereocenters. The van der Waals surface area contributed by atoms with Crippen LogP contribution in [0.15, 0.2) is 42.6 Å². The minimum Gasteiger partial charge on any atom is -0.491 e. The van der Waals surface area contributed by atoms with E-state index in [-0.39, 0.29) is 43.7 Å². The molecule has 2 aliphatic carbocycles. The second-order valence-corrected chi connectivity index (χ2v) is 19.5. The molecule has 2 saturated carbocycles. The van der Waals surface area contributed by atoms with Crippen LogP contribution in [0.25, 0.3) is 10.8 Å². The van der Waals surface area contributed by atoms with Gasteiger partial charge in [-0.15, -0.1) is 0 Å². The van der Waals surface area contributed by atoms with Crippen molar-refractivity contribution in [2.24, 2.45) is 29.1 Å². The van der Waals surface area contributed by atoms with Crippen molar-refractivity contribution in [3.05, 3.63) is 42.6 Å². The maximum atomic E-state index is 15.1. The summed E-state index contributed by atoms with van der Waals surface area (Å²) < 4.78 is 93.1. The van der Waals surface area contributed by atoms with Crippen LogP contribution in [0.4, 0.5) is 0 Å². The van der Waals surface area contributed by atoms with E-state index in [9.17, 15) is 22.8 Å². The monoisotopic (exact) mass is 799 g/mol. The van der Waals surface area contributed by atoms with Crippen molar-refractivity contribution in [1.82, 2.24) is 14.6 Å². The predicted octanol–water partition coefficient (Wildman–Crippen LogP) is 6.69. The summed E-state index contributed by atoms with van der Waals surface area (Å²) in [5, 5.41) is 1.42. The van der Waals surface area contributed by atoms with Crippen molar-refractivity contribution in [2.45, 2.75) is 142 Å². The average molecular weight is 800 g/mol. The Kier molecular flexibility index (Phi) is 9.58. The Morgan fingerprint density at radius 1 is 1.14 bits per heavy atom. The second kappa shape index (κ2) is 15.7. The molecule has 3 fully saturated rings. The molecule has 306 valence electrons. The number of pyridine rings is 1. The van der Waals surface area contributed by atoms with E-state index in [2.05, 4.69) is 9.71 Å². The van der Waals surface area contributed by atoms with Gasteiger partial charge in [0.2, 0.25) is 27.7 Å².